The monoisotopic (exact) mass is 400 g/mol. The lowest BCUT2D eigenvalue weighted by Crippen LogP contribution is -2.32. The highest BCUT2D eigenvalue weighted by Crippen LogP contribution is 2.21. The van der Waals surface area contributed by atoms with Crippen molar-refractivity contribution in [2.75, 3.05) is 31.6 Å². The average molecular weight is 401 g/mol. The van der Waals surface area contributed by atoms with Gasteiger partial charge in [-0.3, -0.25) is 4.79 Å². The number of likely N-dealkylation sites (N-methyl/N-ethyl adjacent to an activating group) is 1. The van der Waals surface area contributed by atoms with Gasteiger partial charge in [0.2, 0.25) is 0 Å². The highest BCUT2D eigenvalue weighted by atomic mass is 35.5. The molecule has 0 aliphatic heterocycles. The van der Waals surface area contributed by atoms with Crippen molar-refractivity contribution in [3.05, 3.63) is 48.2 Å². The number of nitrogens with one attached hydrogen (secondary N) is 3. The third kappa shape index (κ3) is 7.47. The predicted octanol–water partition coefficient (Wildman–Crippen LogP) is 3.41. The summed E-state index contributed by atoms with van der Waals surface area (Å²) in [5.41, 5.74) is 1.36. The number of pyridine rings is 1. The van der Waals surface area contributed by atoms with Crippen LogP contribution in [0.25, 0.3) is 0 Å². The third-order valence-corrected chi connectivity index (χ3v) is 3.32. The molecule has 1 heterocycles. The van der Waals surface area contributed by atoms with Gasteiger partial charge in [-0.05, 0) is 49.9 Å². The summed E-state index contributed by atoms with van der Waals surface area (Å²) in [6, 6.07) is 11.1. The van der Waals surface area contributed by atoms with Crippen molar-refractivity contribution < 1.29 is 9.53 Å². The summed E-state index contributed by atoms with van der Waals surface area (Å²) >= 11 is 0. The van der Waals surface area contributed by atoms with Gasteiger partial charge in [0, 0.05) is 25.0 Å². The van der Waals surface area contributed by atoms with E-state index in [0.717, 1.165) is 24.5 Å². The fourth-order valence-electron chi connectivity index (χ4n) is 2.16. The van der Waals surface area contributed by atoms with E-state index in [9.17, 15) is 4.79 Å². The van der Waals surface area contributed by atoms with Crippen molar-refractivity contribution in [1.82, 2.24) is 15.6 Å². The lowest BCUT2D eigenvalue weighted by Gasteiger charge is -2.12. The van der Waals surface area contributed by atoms with Crippen molar-refractivity contribution in [2.45, 2.75) is 13.8 Å². The first-order valence-corrected chi connectivity index (χ1v) is 8.18. The van der Waals surface area contributed by atoms with Gasteiger partial charge in [-0.1, -0.05) is 6.92 Å². The van der Waals surface area contributed by atoms with E-state index in [4.69, 9.17) is 4.74 Å². The first-order valence-electron chi connectivity index (χ1n) is 8.18. The second-order valence-corrected chi connectivity index (χ2v) is 5.09. The summed E-state index contributed by atoms with van der Waals surface area (Å²) in [6.45, 7) is 6.80. The summed E-state index contributed by atoms with van der Waals surface area (Å²) in [5, 5.41) is 9.23. The first-order chi connectivity index (χ1) is 11.7. The van der Waals surface area contributed by atoms with Crippen LogP contribution < -0.4 is 20.7 Å². The van der Waals surface area contributed by atoms with Gasteiger partial charge >= 0.3 is 0 Å². The Kier molecular flexibility index (Phi) is 12.2. The van der Waals surface area contributed by atoms with Crippen molar-refractivity contribution >= 4 is 42.2 Å². The Hall–Kier alpha value is -2.02. The van der Waals surface area contributed by atoms with Crippen LogP contribution in [-0.2, 0) is 0 Å². The van der Waals surface area contributed by atoms with Crippen LogP contribution >= 0.6 is 24.8 Å². The Balaban J connectivity index is 0.00000312. The summed E-state index contributed by atoms with van der Waals surface area (Å²) < 4.78 is 5.42. The largest absolute Gasteiger partial charge is 0.494 e. The fraction of sp³-hybridized carbons (Fsp3) is 0.333. The summed E-state index contributed by atoms with van der Waals surface area (Å²) in [5.74, 6) is 1.20. The minimum Gasteiger partial charge on any atom is -0.494 e. The molecule has 0 saturated heterocycles. The van der Waals surface area contributed by atoms with Crippen LogP contribution in [0.1, 0.15) is 24.2 Å². The van der Waals surface area contributed by atoms with Crippen LogP contribution in [0.15, 0.2) is 42.6 Å². The molecule has 3 N–H and O–H groups in total. The SMILES string of the molecule is CCNCCNC(=O)c1cccnc1Nc1ccc(OCC)cc1.Cl.Cl. The topological polar surface area (TPSA) is 75.3 Å². The van der Waals surface area contributed by atoms with Crippen LogP contribution in [0.3, 0.4) is 0 Å². The molecule has 0 aliphatic carbocycles. The third-order valence-electron chi connectivity index (χ3n) is 3.32. The lowest BCUT2D eigenvalue weighted by atomic mass is 10.2. The predicted molar refractivity (Wildman–Crippen MR) is 111 cm³/mol. The maximum Gasteiger partial charge on any atom is 0.255 e. The van der Waals surface area contributed by atoms with Gasteiger partial charge in [0.1, 0.15) is 11.6 Å². The van der Waals surface area contributed by atoms with Crippen LogP contribution in [0.5, 0.6) is 5.75 Å². The lowest BCUT2D eigenvalue weighted by molar-refractivity contribution is 0.0954. The molecule has 1 amide bonds. The minimum absolute atomic E-state index is 0. The Bertz CT molecular complexity index is 654. The molecule has 144 valence electrons. The van der Waals surface area contributed by atoms with Gasteiger partial charge in [-0.15, -0.1) is 24.8 Å². The summed E-state index contributed by atoms with van der Waals surface area (Å²) in [6.07, 6.45) is 1.66. The van der Waals surface area contributed by atoms with Gasteiger partial charge in [0.25, 0.3) is 5.91 Å². The molecule has 0 aliphatic rings. The van der Waals surface area contributed by atoms with E-state index in [-0.39, 0.29) is 30.7 Å². The Morgan fingerprint density at radius 3 is 2.46 bits per heavy atom. The van der Waals surface area contributed by atoms with Gasteiger partial charge in [-0.2, -0.15) is 0 Å². The fourth-order valence-corrected chi connectivity index (χ4v) is 2.16. The molecular weight excluding hydrogens is 375 g/mol. The van der Waals surface area contributed by atoms with Crippen molar-refractivity contribution in [3.8, 4) is 5.75 Å². The summed E-state index contributed by atoms with van der Waals surface area (Å²) in [7, 11) is 0. The standard InChI is InChI=1S/C18H24N4O2.2ClH/c1-3-19-12-13-21-18(23)16-6-5-11-20-17(16)22-14-7-9-15(10-8-14)24-4-2;;/h5-11,19H,3-4,12-13H2,1-2H3,(H,20,22)(H,21,23);2*1H. The first kappa shape index (κ1) is 24.0. The Labute approximate surface area is 166 Å². The van der Waals surface area contributed by atoms with Crippen LogP contribution in [0.4, 0.5) is 11.5 Å². The van der Waals surface area contributed by atoms with Gasteiger partial charge < -0.3 is 20.7 Å². The van der Waals surface area contributed by atoms with Crippen LogP contribution in [-0.4, -0.2) is 37.1 Å². The van der Waals surface area contributed by atoms with Crippen molar-refractivity contribution in [3.63, 3.8) is 0 Å². The molecule has 0 saturated carbocycles. The number of anilines is 2. The number of ether oxygens (including phenoxy) is 1. The number of nitrogens with zero attached hydrogens (tertiary/aromatic N) is 1. The van der Waals surface area contributed by atoms with E-state index in [1.807, 2.05) is 38.1 Å². The second kappa shape index (κ2) is 13.2. The van der Waals surface area contributed by atoms with Crippen LogP contribution in [0, 0.1) is 0 Å². The maximum atomic E-state index is 12.3. The van der Waals surface area contributed by atoms with Gasteiger partial charge in [0.15, 0.2) is 0 Å². The zero-order valence-electron chi connectivity index (χ0n) is 15.0. The minimum atomic E-state index is -0.144. The molecule has 1 aromatic carbocycles. The number of amides is 1. The molecule has 0 spiro atoms. The molecule has 0 fully saturated rings. The van der Waals surface area contributed by atoms with Gasteiger partial charge in [0.05, 0.1) is 12.2 Å². The molecule has 0 atom stereocenters. The number of aromatic nitrogens is 1. The number of halogens is 2. The van der Waals surface area contributed by atoms with E-state index in [1.54, 1.807) is 18.3 Å². The van der Waals surface area contributed by atoms with Crippen molar-refractivity contribution in [1.29, 1.82) is 0 Å². The van der Waals surface area contributed by atoms with E-state index < -0.39 is 0 Å². The highest BCUT2D eigenvalue weighted by molar-refractivity contribution is 5.99. The normalized spacial score (nSPS) is 9.46. The zero-order chi connectivity index (χ0) is 17.2. The quantitative estimate of drug-likeness (QED) is 0.562. The number of rotatable bonds is 9. The number of hydrogen-bond acceptors (Lipinski definition) is 5. The highest BCUT2D eigenvalue weighted by Gasteiger charge is 2.12. The smallest absolute Gasteiger partial charge is 0.255 e. The number of benzene rings is 1. The molecule has 0 unspecified atom stereocenters. The summed E-state index contributed by atoms with van der Waals surface area (Å²) in [4.78, 5) is 16.6. The zero-order valence-corrected chi connectivity index (χ0v) is 16.6. The number of carbonyl (C=O) groups is 1. The van der Waals surface area contributed by atoms with Gasteiger partial charge in [-0.25, -0.2) is 4.98 Å². The second-order valence-electron chi connectivity index (χ2n) is 5.09. The average Bonchev–Trinajstić information content (AvgIpc) is 2.61. The maximum absolute atomic E-state index is 12.3. The molecule has 8 heteroatoms. The van der Waals surface area contributed by atoms with E-state index in [1.165, 1.54) is 0 Å². The van der Waals surface area contributed by atoms with E-state index in [2.05, 4.69) is 20.9 Å². The van der Waals surface area contributed by atoms with Crippen LogP contribution in [0.2, 0.25) is 0 Å². The Morgan fingerprint density at radius 1 is 1.08 bits per heavy atom. The van der Waals surface area contributed by atoms with E-state index in [0.29, 0.717) is 24.5 Å². The molecular formula is C18H26Cl2N4O2. The number of carbonyl (C=O) groups excluding carboxylic acids is 1. The Morgan fingerprint density at radius 2 is 1.81 bits per heavy atom. The molecule has 2 aromatic rings. The molecule has 6 nitrogen and oxygen atoms in total. The molecule has 1 aromatic heterocycles. The molecule has 0 radical (unpaired) electrons. The molecule has 2 rings (SSSR count). The number of hydrogen-bond donors (Lipinski definition) is 3. The van der Waals surface area contributed by atoms with Crippen molar-refractivity contribution in [2.24, 2.45) is 0 Å². The molecule has 0 bridgehead atoms. The van der Waals surface area contributed by atoms with E-state index >= 15 is 0 Å². The molecule has 26 heavy (non-hydrogen) atoms.